The summed E-state index contributed by atoms with van der Waals surface area (Å²) in [6, 6.07) is 0.939. The Morgan fingerprint density at radius 1 is 1.45 bits per heavy atom. The molecular formula is C16H24N2O4. The zero-order valence-electron chi connectivity index (χ0n) is 13.8. The first-order valence-electron chi connectivity index (χ1n) is 7.37. The molecule has 0 aliphatic carbocycles. The molecule has 0 spiro atoms. The summed E-state index contributed by atoms with van der Waals surface area (Å²) < 4.78 is 11.2. The van der Waals surface area contributed by atoms with Crippen molar-refractivity contribution in [2.75, 3.05) is 13.7 Å². The zero-order valence-corrected chi connectivity index (χ0v) is 13.8. The lowest BCUT2D eigenvalue weighted by Gasteiger charge is -2.19. The van der Waals surface area contributed by atoms with E-state index in [1.54, 1.807) is 19.1 Å². The van der Waals surface area contributed by atoms with E-state index in [4.69, 9.17) is 9.47 Å². The van der Waals surface area contributed by atoms with Crippen LogP contribution in [0.4, 0.5) is 0 Å². The maximum Gasteiger partial charge on any atom is 0.330 e. The van der Waals surface area contributed by atoms with Crippen LogP contribution in [-0.4, -0.2) is 29.5 Å². The number of rotatable bonds is 7. The Labute approximate surface area is 130 Å². The number of carbonyl (C=O) groups excluding carboxylic acids is 1. The topological polar surface area (TPSA) is 70.4 Å². The number of hydrogen-bond donors (Lipinski definition) is 0. The van der Waals surface area contributed by atoms with Gasteiger partial charge in [-0.2, -0.15) is 5.10 Å². The maximum atomic E-state index is 12.3. The largest absolute Gasteiger partial charge is 0.501 e. The Hall–Kier alpha value is -2.11. The van der Waals surface area contributed by atoms with E-state index in [2.05, 4.69) is 5.10 Å². The molecule has 0 aliphatic heterocycles. The van der Waals surface area contributed by atoms with Crippen molar-refractivity contribution < 1.29 is 14.3 Å². The van der Waals surface area contributed by atoms with Crippen molar-refractivity contribution >= 4 is 12.0 Å². The lowest BCUT2D eigenvalue weighted by atomic mass is 10.0. The number of nitrogens with zero attached hydrogens (tertiary/aromatic N) is 2. The molecule has 0 radical (unpaired) electrons. The van der Waals surface area contributed by atoms with Crippen molar-refractivity contribution in [2.45, 2.75) is 40.2 Å². The van der Waals surface area contributed by atoms with Gasteiger partial charge in [0.15, 0.2) is 6.04 Å². The van der Waals surface area contributed by atoms with E-state index in [1.165, 1.54) is 18.1 Å². The first-order valence-corrected chi connectivity index (χ1v) is 7.37. The number of carbonyl (C=O) groups is 1. The molecule has 0 saturated carbocycles. The lowest BCUT2D eigenvalue weighted by Crippen LogP contribution is -2.35. The molecule has 0 fully saturated rings. The highest BCUT2D eigenvalue weighted by Crippen LogP contribution is 2.17. The van der Waals surface area contributed by atoms with E-state index in [0.717, 1.165) is 0 Å². The molecule has 122 valence electrons. The number of hydrogen-bond acceptors (Lipinski definition) is 5. The Bertz CT molecular complexity index is 590. The van der Waals surface area contributed by atoms with Crippen LogP contribution in [-0.2, 0) is 14.3 Å². The van der Waals surface area contributed by atoms with Crippen LogP contribution >= 0.6 is 0 Å². The molecule has 0 aromatic carbocycles. The molecule has 0 aliphatic rings. The van der Waals surface area contributed by atoms with E-state index >= 15 is 0 Å². The first kappa shape index (κ1) is 17.9. The molecule has 1 aromatic rings. The average molecular weight is 308 g/mol. The molecule has 6 nitrogen and oxygen atoms in total. The predicted molar refractivity (Wildman–Crippen MR) is 84.4 cm³/mol. The minimum atomic E-state index is -0.725. The second-order valence-corrected chi connectivity index (χ2v) is 5.43. The highest BCUT2D eigenvalue weighted by atomic mass is 16.5. The molecule has 1 atom stereocenters. The SMILES string of the molecule is CCO/C=C/c1cc(C)c(=O)n([C@@H](CC(C)C)C(=O)OC)n1. The number of methoxy groups -OCH3 is 1. The molecule has 1 rings (SSSR count). The van der Waals surface area contributed by atoms with Crippen LogP contribution in [0.5, 0.6) is 0 Å². The van der Waals surface area contributed by atoms with Gasteiger partial charge in [0.05, 0.1) is 25.7 Å². The Balaban J connectivity index is 3.29. The zero-order chi connectivity index (χ0) is 16.7. The molecule has 1 heterocycles. The van der Waals surface area contributed by atoms with Crippen LogP contribution in [0, 0.1) is 12.8 Å². The van der Waals surface area contributed by atoms with Gasteiger partial charge in [-0.05, 0) is 32.3 Å². The van der Waals surface area contributed by atoms with Crippen LogP contribution in [0.25, 0.3) is 6.08 Å². The van der Waals surface area contributed by atoms with Crippen molar-refractivity contribution in [1.29, 1.82) is 0 Å². The van der Waals surface area contributed by atoms with Gasteiger partial charge in [0.2, 0.25) is 0 Å². The van der Waals surface area contributed by atoms with E-state index in [1.807, 2.05) is 20.8 Å². The van der Waals surface area contributed by atoms with Gasteiger partial charge in [-0.3, -0.25) is 4.79 Å². The van der Waals surface area contributed by atoms with Gasteiger partial charge in [0.1, 0.15) is 0 Å². The molecule has 0 bridgehead atoms. The Morgan fingerprint density at radius 2 is 2.14 bits per heavy atom. The summed E-state index contributed by atoms with van der Waals surface area (Å²) in [6.07, 6.45) is 3.67. The summed E-state index contributed by atoms with van der Waals surface area (Å²) in [7, 11) is 1.31. The monoisotopic (exact) mass is 308 g/mol. The van der Waals surface area contributed by atoms with Gasteiger partial charge < -0.3 is 9.47 Å². The molecule has 22 heavy (non-hydrogen) atoms. The van der Waals surface area contributed by atoms with E-state index < -0.39 is 12.0 Å². The Kier molecular flexibility index (Phi) is 6.82. The second-order valence-electron chi connectivity index (χ2n) is 5.43. The van der Waals surface area contributed by atoms with E-state index in [9.17, 15) is 9.59 Å². The quantitative estimate of drug-likeness (QED) is 0.571. The van der Waals surface area contributed by atoms with Gasteiger partial charge in [0, 0.05) is 11.6 Å². The van der Waals surface area contributed by atoms with Gasteiger partial charge in [-0.25, -0.2) is 9.48 Å². The number of esters is 1. The van der Waals surface area contributed by atoms with Crippen molar-refractivity contribution in [3.63, 3.8) is 0 Å². The highest BCUT2D eigenvalue weighted by molar-refractivity contribution is 5.74. The predicted octanol–water partition coefficient (Wildman–Crippen LogP) is 2.32. The van der Waals surface area contributed by atoms with E-state index in [-0.39, 0.29) is 11.5 Å². The summed E-state index contributed by atoms with van der Waals surface area (Å²) in [5, 5.41) is 4.26. The Morgan fingerprint density at radius 3 is 2.68 bits per heavy atom. The summed E-state index contributed by atoms with van der Waals surface area (Å²) in [6.45, 7) is 8.08. The lowest BCUT2D eigenvalue weighted by molar-refractivity contribution is -0.145. The third-order valence-electron chi connectivity index (χ3n) is 3.10. The van der Waals surface area contributed by atoms with Crippen LogP contribution in [0.2, 0.25) is 0 Å². The number of aromatic nitrogens is 2. The fourth-order valence-corrected chi connectivity index (χ4v) is 2.05. The fraction of sp³-hybridized carbons (Fsp3) is 0.562. The van der Waals surface area contributed by atoms with Gasteiger partial charge >= 0.3 is 5.97 Å². The van der Waals surface area contributed by atoms with Crippen molar-refractivity contribution in [3.8, 4) is 0 Å². The van der Waals surface area contributed by atoms with Crippen molar-refractivity contribution in [1.82, 2.24) is 9.78 Å². The molecular weight excluding hydrogens is 284 g/mol. The standard InChI is InChI=1S/C16H24N2O4/c1-6-22-8-7-13-10-12(4)15(19)18(17-13)14(9-11(2)3)16(20)21-5/h7-8,10-11,14H,6,9H2,1-5H3/b8-7+/t14-/m0/s1. The molecule has 0 unspecified atom stereocenters. The second kappa shape index (κ2) is 8.36. The van der Waals surface area contributed by atoms with Crippen LogP contribution in [0.15, 0.2) is 17.1 Å². The van der Waals surface area contributed by atoms with Gasteiger partial charge in [0.25, 0.3) is 5.56 Å². The van der Waals surface area contributed by atoms with Crippen LogP contribution in [0.1, 0.15) is 44.5 Å². The molecule has 0 N–H and O–H groups in total. The maximum absolute atomic E-state index is 12.3. The smallest absolute Gasteiger partial charge is 0.330 e. The summed E-state index contributed by atoms with van der Waals surface area (Å²) >= 11 is 0. The fourth-order valence-electron chi connectivity index (χ4n) is 2.05. The van der Waals surface area contributed by atoms with Crippen LogP contribution < -0.4 is 5.56 Å². The van der Waals surface area contributed by atoms with Gasteiger partial charge in [-0.1, -0.05) is 13.8 Å². The third kappa shape index (κ3) is 4.72. The average Bonchev–Trinajstić information content (AvgIpc) is 2.47. The molecule has 0 saturated heterocycles. The summed E-state index contributed by atoms with van der Waals surface area (Å²) in [5.41, 5.74) is 0.789. The van der Waals surface area contributed by atoms with E-state index in [0.29, 0.717) is 24.3 Å². The minimum absolute atomic E-state index is 0.223. The highest BCUT2D eigenvalue weighted by Gasteiger charge is 2.25. The molecule has 6 heteroatoms. The van der Waals surface area contributed by atoms with Crippen molar-refractivity contribution in [3.05, 3.63) is 33.9 Å². The number of aryl methyl sites for hydroxylation is 1. The summed E-state index contributed by atoms with van der Waals surface area (Å²) in [4.78, 5) is 24.4. The molecule has 0 amide bonds. The number of ether oxygens (including phenoxy) is 2. The molecule has 1 aromatic heterocycles. The van der Waals surface area contributed by atoms with Crippen LogP contribution in [0.3, 0.4) is 0 Å². The normalized spacial score (nSPS) is 12.6. The summed E-state index contributed by atoms with van der Waals surface area (Å²) in [5.74, 6) is -0.241. The van der Waals surface area contributed by atoms with Gasteiger partial charge in [-0.15, -0.1) is 0 Å². The third-order valence-corrected chi connectivity index (χ3v) is 3.10. The first-order chi connectivity index (χ1) is 10.4. The van der Waals surface area contributed by atoms with Crippen molar-refractivity contribution in [2.24, 2.45) is 5.92 Å². The minimum Gasteiger partial charge on any atom is -0.501 e.